The molecular weight excluding hydrogens is 400 g/mol. The van der Waals surface area contributed by atoms with Crippen LogP contribution < -0.4 is 0 Å². The number of esters is 2. The summed E-state index contributed by atoms with van der Waals surface area (Å²) in [5, 5.41) is 0. The van der Waals surface area contributed by atoms with E-state index in [0.717, 1.165) is 44.9 Å². The van der Waals surface area contributed by atoms with Gasteiger partial charge in [0.2, 0.25) is 0 Å². The van der Waals surface area contributed by atoms with E-state index in [0.29, 0.717) is 25.6 Å². The third-order valence-electron chi connectivity index (χ3n) is 6.52. The van der Waals surface area contributed by atoms with Crippen molar-refractivity contribution in [2.75, 3.05) is 13.2 Å². The van der Waals surface area contributed by atoms with Gasteiger partial charge in [0.05, 0.1) is 19.1 Å². The minimum atomic E-state index is -0.0313. The van der Waals surface area contributed by atoms with Gasteiger partial charge in [0, 0.05) is 6.42 Å². The number of unbranched alkanes of at least 4 members (excludes halogenated alkanes) is 13. The fourth-order valence-corrected chi connectivity index (χ4v) is 3.90. The van der Waals surface area contributed by atoms with E-state index in [-0.39, 0.29) is 17.9 Å². The molecule has 0 aliphatic carbocycles. The number of ether oxygens (including phenoxy) is 2. The van der Waals surface area contributed by atoms with Gasteiger partial charge in [-0.3, -0.25) is 9.59 Å². The Morgan fingerprint density at radius 3 is 1.66 bits per heavy atom. The van der Waals surface area contributed by atoms with Gasteiger partial charge >= 0.3 is 11.9 Å². The van der Waals surface area contributed by atoms with Crippen molar-refractivity contribution in [2.24, 2.45) is 11.8 Å². The molecule has 0 aromatic rings. The molecule has 0 bridgehead atoms. The summed E-state index contributed by atoms with van der Waals surface area (Å²) < 4.78 is 10.8. The molecule has 190 valence electrons. The normalized spacial score (nSPS) is 13.0. The van der Waals surface area contributed by atoms with Crippen molar-refractivity contribution in [1.29, 1.82) is 0 Å². The molecule has 0 spiro atoms. The highest BCUT2D eigenvalue weighted by atomic mass is 16.5. The van der Waals surface area contributed by atoms with Crippen LogP contribution in [0.15, 0.2) is 0 Å². The quantitative estimate of drug-likeness (QED) is 0.115. The molecule has 0 rings (SSSR count). The second-order valence-corrected chi connectivity index (χ2v) is 9.64. The lowest BCUT2D eigenvalue weighted by Gasteiger charge is -2.18. The zero-order chi connectivity index (χ0) is 23.9. The molecule has 0 saturated carbocycles. The average Bonchev–Trinajstić information content (AvgIpc) is 2.79. The second-order valence-electron chi connectivity index (χ2n) is 9.64. The minimum Gasteiger partial charge on any atom is -0.466 e. The third-order valence-corrected chi connectivity index (χ3v) is 6.52. The van der Waals surface area contributed by atoms with Crippen LogP contribution in [0.5, 0.6) is 0 Å². The van der Waals surface area contributed by atoms with Gasteiger partial charge in [0.15, 0.2) is 0 Å². The summed E-state index contributed by atoms with van der Waals surface area (Å²) in [5.74, 6) is 0.305. The van der Waals surface area contributed by atoms with Crippen molar-refractivity contribution in [3.63, 3.8) is 0 Å². The molecule has 4 nitrogen and oxygen atoms in total. The number of carbonyl (C=O) groups is 2. The Morgan fingerprint density at radius 2 is 1.06 bits per heavy atom. The molecule has 0 amide bonds. The lowest BCUT2D eigenvalue weighted by atomic mass is 9.90. The smallest absolute Gasteiger partial charge is 0.308 e. The summed E-state index contributed by atoms with van der Waals surface area (Å²) in [6, 6.07) is 0. The fraction of sp³-hybridized carbons (Fsp3) is 0.929. The highest BCUT2D eigenvalue weighted by molar-refractivity contribution is 5.72. The molecule has 4 heteroatoms. The molecule has 0 radical (unpaired) electrons. The van der Waals surface area contributed by atoms with Crippen molar-refractivity contribution in [2.45, 2.75) is 143 Å². The second kappa shape index (κ2) is 23.1. The first kappa shape index (κ1) is 30.9. The molecule has 0 aromatic carbocycles. The van der Waals surface area contributed by atoms with E-state index in [1.807, 2.05) is 6.92 Å². The Hall–Kier alpha value is -1.06. The van der Waals surface area contributed by atoms with Gasteiger partial charge < -0.3 is 9.47 Å². The summed E-state index contributed by atoms with van der Waals surface area (Å²) in [6.07, 6.45) is 20.2. The van der Waals surface area contributed by atoms with Crippen LogP contribution in [0.25, 0.3) is 0 Å². The van der Waals surface area contributed by atoms with Crippen LogP contribution in [0.1, 0.15) is 143 Å². The Bertz CT molecular complexity index is 435. The number of rotatable bonds is 23. The molecule has 0 N–H and O–H groups in total. The number of hydrogen-bond acceptors (Lipinski definition) is 4. The maximum absolute atomic E-state index is 12.2. The highest BCUT2D eigenvalue weighted by Gasteiger charge is 2.21. The van der Waals surface area contributed by atoms with Crippen molar-refractivity contribution in [3.05, 3.63) is 0 Å². The molecule has 32 heavy (non-hydrogen) atoms. The lowest BCUT2D eigenvalue weighted by molar-refractivity contribution is -0.150. The topological polar surface area (TPSA) is 52.6 Å². The largest absolute Gasteiger partial charge is 0.466 e. The van der Waals surface area contributed by atoms with E-state index in [9.17, 15) is 9.59 Å². The molecule has 0 fully saturated rings. The molecule has 2 unspecified atom stereocenters. The van der Waals surface area contributed by atoms with Gasteiger partial charge in [-0.05, 0) is 31.6 Å². The van der Waals surface area contributed by atoms with Crippen molar-refractivity contribution >= 4 is 11.9 Å². The van der Waals surface area contributed by atoms with Gasteiger partial charge in [-0.15, -0.1) is 0 Å². The highest BCUT2D eigenvalue weighted by Crippen LogP contribution is 2.21. The van der Waals surface area contributed by atoms with E-state index in [1.165, 1.54) is 64.2 Å². The van der Waals surface area contributed by atoms with Crippen LogP contribution in [0.2, 0.25) is 0 Å². The molecule has 0 aromatic heterocycles. The minimum absolute atomic E-state index is 0.0108. The SMILES string of the molecule is CCCCCCCOC(=O)CCCCCCCCC(C)C(C)C(=O)OCCCCCCC. The number of carbonyl (C=O) groups excluding carboxylic acids is 2. The standard InChI is InChI=1S/C28H54O4/c1-5-7-9-15-19-23-31-27(29)22-18-14-12-11-13-17-21-25(3)26(4)28(30)32-24-20-16-10-8-6-2/h25-26H,5-24H2,1-4H3. The summed E-state index contributed by atoms with van der Waals surface area (Å²) in [7, 11) is 0. The van der Waals surface area contributed by atoms with Gasteiger partial charge in [0.25, 0.3) is 0 Å². The third kappa shape index (κ3) is 19.6. The van der Waals surface area contributed by atoms with E-state index >= 15 is 0 Å². The Balaban J connectivity index is 3.52. The van der Waals surface area contributed by atoms with Crippen molar-refractivity contribution < 1.29 is 19.1 Å². The maximum Gasteiger partial charge on any atom is 0.308 e. The van der Waals surface area contributed by atoms with Crippen LogP contribution in [0.3, 0.4) is 0 Å². The molecule has 0 heterocycles. The van der Waals surface area contributed by atoms with Crippen LogP contribution >= 0.6 is 0 Å². The van der Waals surface area contributed by atoms with E-state index in [1.54, 1.807) is 0 Å². The van der Waals surface area contributed by atoms with Gasteiger partial charge in [0.1, 0.15) is 0 Å². The average molecular weight is 455 g/mol. The first-order valence-corrected chi connectivity index (χ1v) is 13.8. The Kier molecular flexibility index (Phi) is 22.3. The van der Waals surface area contributed by atoms with Gasteiger partial charge in [-0.25, -0.2) is 0 Å². The lowest BCUT2D eigenvalue weighted by Crippen LogP contribution is -2.22. The fourth-order valence-electron chi connectivity index (χ4n) is 3.90. The molecule has 0 saturated heterocycles. The van der Waals surface area contributed by atoms with Crippen LogP contribution in [-0.4, -0.2) is 25.2 Å². The Morgan fingerprint density at radius 1 is 0.594 bits per heavy atom. The summed E-state index contributed by atoms with van der Waals surface area (Å²) in [6.45, 7) is 9.76. The van der Waals surface area contributed by atoms with Crippen LogP contribution in [0.4, 0.5) is 0 Å². The molecule has 0 aliphatic rings. The predicted molar refractivity (Wildman–Crippen MR) is 135 cm³/mol. The molecule has 2 atom stereocenters. The molecule has 0 aliphatic heterocycles. The van der Waals surface area contributed by atoms with Gasteiger partial charge in [-0.1, -0.05) is 111 Å². The maximum atomic E-state index is 12.2. The van der Waals surface area contributed by atoms with E-state index < -0.39 is 0 Å². The molecular formula is C28H54O4. The van der Waals surface area contributed by atoms with Crippen LogP contribution in [0, 0.1) is 11.8 Å². The first-order chi connectivity index (χ1) is 15.5. The van der Waals surface area contributed by atoms with Crippen molar-refractivity contribution in [3.8, 4) is 0 Å². The first-order valence-electron chi connectivity index (χ1n) is 13.8. The number of hydrogen-bond donors (Lipinski definition) is 0. The summed E-state index contributed by atoms with van der Waals surface area (Å²) >= 11 is 0. The zero-order valence-corrected chi connectivity index (χ0v) is 21.9. The van der Waals surface area contributed by atoms with Crippen molar-refractivity contribution in [1.82, 2.24) is 0 Å². The monoisotopic (exact) mass is 454 g/mol. The summed E-state index contributed by atoms with van der Waals surface area (Å²) in [5.41, 5.74) is 0. The van der Waals surface area contributed by atoms with Crippen LogP contribution in [-0.2, 0) is 19.1 Å². The zero-order valence-electron chi connectivity index (χ0n) is 21.9. The Labute approximate surface area is 199 Å². The predicted octanol–water partition coefficient (Wildman–Crippen LogP) is 8.41. The van der Waals surface area contributed by atoms with Gasteiger partial charge in [-0.2, -0.15) is 0 Å². The van der Waals surface area contributed by atoms with E-state index in [4.69, 9.17) is 9.47 Å². The summed E-state index contributed by atoms with van der Waals surface area (Å²) in [4.78, 5) is 23.9. The van der Waals surface area contributed by atoms with E-state index in [2.05, 4.69) is 20.8 Å².